The van der Waals surface area contributed by atoms with Crippen LogP contribution in [0.1, 0.15) is 45.7 Å². The fraction of sp³-hybridized carbons (Fsp3) is 0.846. The normalized spacial score (nSPS) is 18.7. The molecule has 0 saturated heterocycles. The van der Waals surface area contributed by atoms with E-state index in [1.807, 2.05) is 10.9 Å². The molecule has 1 aliphatic carbocycles. The molecule has 0 atom stereocenters. The first-order valence-corrected chi connectivity index (χ1v) is 6.63. The van der Waals surface area contributed by atoms with E-state index in [-0.39, 0.29) is 11.1 Å². The van der Waals surface area contributed by atoms with E-state index in [0.29, 0.717) is 0 Å². The molecule has 0 bridgehead atoms. The smallest absolute Gasteiger partial charge is 0.0965 e. The summed E-state index contributed by atoms with van der Waals surface area (Å²) in [4.78, 5) is 0. The maximum atomic E-state index is 5.57. The van der Waals surface area contributed by atoms with Gasteiger partial charge < -0.3 is 10.1 Å². The van der Waals surface area contributed by atoms with Gasteiger partial charge >= 0.3 is 0 Å². The summed E-state index contributed by atoms with van der Waals surface area (Å²) < 4.78 is 7.47. The van der Waals surface area contributed by atoms with Gasteiger partial charge in [-0.05, 0) is 40.0 Å². The SMILES string of the molecule is COC1(CNCc2cn(C(C)(C)C)nn2)CCC1. The average molecular weight is 252 g/mol. The van der Waals surface area contributed by atoms with Crippen molar-refractivity contribution in [1.29, 1.82) is 0 Å². The molecule has 0 amide bonds. The summed E-state index contributed by atoms with van der Waals surface area (Å²) in [6.45, 7) is 8.00. The van der Waals surface area contributed by atoms with E-state index in [4.69, 9.17) is 4.74 Å². The highest BCUT2D eigenvalue weighted by Gasteiger charge is 2.36. The van der Waals surface area contributed by atoms with E-state index >= 15 is 0 Å². The molecule has 0 aliphatic heterocycles. The van der Waals surface area contributed by atoms with Gasteiger partial charge in [0.05, 0.1) is 23.0 Å². The molecule has 0 aromatic carbocycles. The Morgan fingerprint density at radius 1 is 1.44 bits per heavy atom. The number of hydrogen-bond acceptors (Lipinski definition) is 4. The third-order valence-corrected chi connectivity index (χ3v) is 3.68. The zero-order valence-electron chi connectivity index (χ0n) is 11.9. The van der Waals surface area contributed by atoms with Gasteiger partial charge in [0.15, 0.2) is 0 Å². The van der Waals surface area contributed by atoms with Gasteiger partial charge in [-0.1, -0.05) is 5.21 Å². The van der Waals surface area contributed by atoms with Crippen LogP contribution in [-0.2, 0) is 16.8 Å². The molecule has 5 nitrogen and oxygen atoms in total. The highest BCUT2D eigenvalue weighted by atomic mass is 16.5. The van der Waals surface area contributed by atoms with Gasteiger partial charge in [0.2, 0.25) is 0 Å². The highest BCUT2D eigenvalue weighted by molar-refractivity contribution is 4.96. The first kappa shape index (κ1) is 13.5. The van der Waals surface area contributed by atoms with Crippen LogP contribution in [0.4, 0.5) is 0 Å². The first-order chi connectivity index (χ1) is 8.45. The van der Waals surface area contributed by atoms with Crippen molar-refractivity contribution in [1.82, 2.24) is 20.3 Å². The lowest BCUT2D eigenvalue weighted by Gasteiger charge is -2.40. The maximum Gasteiger partial charge on any atom is 0.0965 e. The summed E-state index contributed by atoms with van der Waals surface area (Å²) in [6, 6.07) is 0. The Labute approximate surface area is 109 Å². The molecule has 0 radical (unpaired) electrons. The van der Waals surface area contributed by atoms with Crippen LogP contribution >= 0.6 is 0 Å². The van der Waals surface area contributed by atoms with Crippen molar-refractivity contribution in [3.63, 3.8) is 0 Å². The van der Waals surface area contributed by atoms with Crippen molar-refractivity contribution in [3.05, 3.63) is 11.9 Å². The van der Waals surface area contributed by atoms with Crippen LogP contribution in [0.25, 0.3) is 0 Å². The Morgan fingerprint density at radius 3 is 2.61 bits per heavy atom. The molecule has 1 fully saturated rings. The van der Waals surface area contributed by atoms with Gasteiger partial charge in [-0.15, -0.1) is 5.10 Å². The molecular weight excluding hydrogens is 228 g/mol. The molecule has 0 unspecified atom stereocenters. The second kappa shape index (κ2) is 4.97. The fourth-order valence-corrected chi connectivity index (χ4v) is 2.15. The molecule has 2 rings (SSSR count). The largest absolute Gasteiger partial charge is 0.377 e. The minimum Gasteiger partial charge on any atom is -0.377 e. The first-order valence-electron chi connectivity index (χ1n) is 6.63. The van der Waals surface area contributed by atoms with Crippen molar-refractivity contribution in [2.75, 3.05) is 13.7 Å². The molecule has 102 valence electrons. The number of aromatic nitrogens is 3. The number of nitrogens with zero attached hydrogens (tertiary/aromatic N) is 3. The minimum atomic E-state index is -0.00697. The summed E-state index contributed by atoms with van der Waals surface area (Å²) in [5.74, 6) is 0. The highest BCUT2D eigenvalue weighted by Crippen LogP contribution is 2.34. The average Bonchev–Trinajstić information content (AvgIpc) is 2.70. The number of methoxy groups -OCH3 is 1. The molecule has 1 heterocycles. The van der Waals surface area contributed by atoms with Crippen LogP contribution in [0.2, 0.25) is 0 Å². The monoisotopic (exact) mass is 252 g/mol. The molecule has 1 N–H and O–H groups in total. The van der Waals surface area contributed by atoms with Gasteiger partial charge in [-0.3, -0.25) is 0 Å². The summed E-state index contributed by atoms with van der Waals surface area (Å²) in [7, 11) is 1.80. The molecule has 1 aromatic heterocycles. The van der Waals surface area contributed by atoms with E-state index < -0.39 is 0 Å². The Kier molecular flexibility index (Phi) is 3.73. The quantitative estimate of drug-likeness (QED) is 0.866. The van der Waals surface area contributed by atoms with Crippen molar-refractivity contribution in [2.24, 2.45) is 0 Å². The standard InChI is InChI=1S/C13H24N4O/c1-12(2,3)17-9-11(15-16-17)8-14-10-13(18-4)6-5-7-13/h9,14H,5-8,10H2,1-4H3. The zero-order valence-corrected chi connectivity index (χ0v) is 11.9. The predicted octanol–water partition coefficient (Wildman–Crippen LogP) is 1.69. The summed E-state index contributed by atoms with van der Waals surface area (Å²) in [5.41, 5.74) is 1.04. The summed E-state index contributed by atoms with van der Waals surface area (Å²) in [6.07, 6.45) is 5.60. The summed E-state index contributed by atoms with van der Waals surface area (Å²) >= 11 is 0. The number of rotatable bonds is 5. The van der Waals surface area contributed by atoms with Gasteiger partial charge in [-0.2, -0.15) is 0 Å². The van der Waals surface area contributed by atoms with Crippen LogP contribution in [0.3, 0.4) is 0 Å². The Morgan fingerprint density at radius 2 is 2.17 bits per heavy atom. The number of nitrogens with one attached hydrogen (secondary N) is 1. The second-order valence-corrected chi connectivity index (χ2v) is 6.17. The Hall–Kier alpha value is -0.940. The Balaban J connectivity index is 1.82. The second-order valence-electron chi connectivity index (χ2n) is 6.17. The van der Waals surface area contributed by atoms with Gasteiger partial charge in [0, 0.05) is 20.2 Å². The third-order valence-electron chi connectivity index (χ3n) is 3.68. The van der Waals surface area contributed by atoms with Crippen LogP contribution in [0.15, 0.2) is 6.20 Å². The van der Waals surface area contributed by atoms with Crippen molar-refractivity contribution < 1.29 is 4.74 Å². The lowest BCUT2D eigenvalue weighted by Crippen LogP contribution is -2.47. The lowest BCUT2D eigenvalue weighted by molar-refractivity contribution is -0.0695. The van der Waals surface area contributed by atoms with E-state index in [1.54, 1.807) is 7.11 Å². The Bertz CT molecular complexity index is 384. The van der Waals surface area contributed by atoms with E-state index in [9.17, 15) is 0 Å². The van der Waals surface area contributed by atoms with Crippen molar-refractivity contribution in [2.45, 2.75) is 57.7 Å². The van der Waals surface area contributed by atoms with Crippen molar-refractivity contribution >= 4 is 0 Å². The van der Waals surface area contributed by atoms with Gasteiger partial charge in [0.25, 0.3) is 0 Å². The minimum absolute atomic E-state index is 0.00697. The molecule has 1 saturated carbocycles. The fourth-order valence-electron chi connectivity index (χ4n) is 2.15. The van der Waals surface area contributed by atoms with Gasteiger partial charge in [-0.25, -0.2) is 4.68 Å². The molecule has 0 spiro atoms. The topological polar surface area (TPSA) is 52.0 Å². The molecule has 5 heteroatoms. The third kappa shape index (κ3) is 2.90. The van der Waals surface area contributed by atoms with Crippen molar-refractivity contribution in [3.8, 4) is 0 Å². The summed E-state index contributed by atoms with van der Waals surface area (Å²) in [5, 5.41) is 11.8. The lowest BCUT2D eigenvalue weighted by atomic mass is 9.80. The maximum absolute atomic E-state index is 5.57. The molecule has 1 aliphatic rings. The molecule has 18 heavy (non-hydrogen) atoms. The van der Waals surface area contributed by atoms with Gasteiger partial charge in [0.1, 0.15) is 0 Å². The number of hydrogen-bond donors (Lipinski definition) is 1. The molecule has 1 aromatic rings. The molecular formula is C13H24N4O. The van der Waals surface area contributed by atoms with Crippen LogP contribution in [0, 0.1) is 0 Å². The van der Waals surface area contributed by atoms with Crippen LogP contribution in [0.5, 0.6) is 0 Å². The predicted molar refractivity (Wildman–Crippen MR) is 70.3 cm³/mol. The van der Waals surface area contributed by atoms with Crippen LogP contribution in [-0.4, -0.2) is 34.2 Å². The van der Waals surface area contributed by atoms with E-state index in [0.717, 1.165) is 31.6 Å². The zero-order chi connectivity index (χ0) is 13.2. The van der Waals surface area contributed by atoms with Crippen LogP contribution < -0.4 is 5.32 Å². The van der Waals surface area contributed by atoms with E-state index in [1.165, 1.54) is 6.42 Å². The number of ether oxygens (including phenoxy) is 1. The van der Waals surface area contributed by atoms with E-state index in [2.05, 4.69) is 36.4 Å².